The van der Waals surface area contributed by atoms with Crippen LogP contribution >= 0.6 is 11.6 Å². The molecule has 1 aliphatic rings. The second-order valence-electron chi connectivity index (χ2n) is 9.23. The van der Waals surface area contributed by atoms with E-state index in [1.807, 2.05) is 38.1 Å². The first-order valence-electron chi connectivity index (χ1n) is 12.1. The summed E-state index contributed by atoms with van der Waals surface area (Å²) < 4.78 is 18.5. The van der Waals surface area contributed by atoms with E-state index in [2.05, 4.69) is 39.7 Å². The highest BCUT2D eigenvalue weighted by Gasteiger charge is 2.20. The molecule has 0 saturated heterocycles. The Morgan fingerprint density at radius 2 is 1.83 bits per heavy atom. The van der Waals surface area contributed by atoms with Gasteiger partial charge in [0.1, 0.15) is 10.8 Å². The quantitative estimate of drug-likeness (QED) is 0.325. The third-order valence-electron chi connectivity index (χ3n) is 6.41. The number of benzene rings is 2. The molecule has 4 rings (SSSR count). The van der Waals surface area contributed by atoms with Crippen molar-refractivity contribution < 1.29 is 8.95 Å². The summed E-state index contributed by atoms with van der Waals surface area (Å²) >= 11 is 6.42. The molecule has 1 saturated carbocycles. The maximum Gasteiger partial charge on any atom is 0.229 e. The SMILES string of the molecule is COc1cc(C2CCCCC2)c(C)cc1Nc1ncc(Cl)c(Nc2ccccc2S(=O)C(C)C)n1. The Morgan fingerprint density at radius 1 is 1.09 bits per heavy atom. The Bertz CT molecular complexity index is 1210. The van der Waals surface area contributed by atoms with E-state index in [-0.39, 0.29) is 5.25 Å². The average Bonchev–Trinajstić information content (AvgIpc) is 2.86. The normalized spacial score (nSPS) is 15.1. The maximum atomic E-state index is 12.8. The van der Waals surface area contributed by atoms with Crippen LogP contribution in [0.15, 0.2) is 47.5 Å². The second-order valence-corrected chi connectivity index (χ2v) is 11.6. The third kappa shape index (κ3) is 5.96. The molecule has 0 aliphatic heterocycles. The molecular weight excluding hydrogens is 480 g/mol. The van der Waals surface area contributed by atoms with Crippen molar-refractivity contribution in [3.05, 3.63) is 58.7 Å². The maximum absolute atomic E-state index is 12.8. The minimum atomic E-state index is -1.16. The Kier molecular flexibility index (Phi) is 8.29. The lowest BCUT2D eigenvalue weighted by Crippen LogP contribution is -2.09. The molecule has 1 fully saturated rings. The van der Waals surface area contributed by atoms with Gasteiger partial charge in [-0.25, -0.2) is 4.98 Å². The van der Waals surface area contributed by atoms with E-state index < -0.39 is 10.8 Å². The van der Waals surface area contributed by atoms with Crippen LogP contribution in [0.4, 0.5) is 23.1 Å². The molecule has 1 aromatic heterocycles. The van der Waals surface area contributed by atoms with Crippen LogP contribution in [0.3, 0.4) is 0 Å². The first-order chi connectivity index (χ1) is 16.9. The van der Waals surface area contributed by atoms with Crippen LogP contribution in [0.1, 0.15) is 63.0 Å². The summed E-state index contributed by atoms with van der Waals surface area (Å²) in [5.41, 5.74) is 4.11. The predicted octanol–water partition coefficient (Wildman–Crippen LogP) is 7.50. The summed E-state index contributed by atoms with van der Waals surface area (Å²) in [6, 6.07) is 11.8. The van der Waals surface area contributed by atoms with Gasteiger partial charge in [-0.1, -0.05) is 56.8 Å². The molecule has 1 heterocycles. The zero-order chi connectivity index (χ0) is 24.9. The number of nitrogens with one attached hydrogen (secondary N) is 2. The Morgan fingerprint density at radius 3 is 2.54 bits per heavy atom. The molecule has 1 unspecified atom stereocenters. The van der Waals surface area contributed by atoms with Crippen molar-refractivity contribution in [1.82, 2.24) is 9.97 Å². The fraction of sp³-hybridized carbons (Fsp3) is 0.407. The van der Waals surface area contributed by atoms with E-state index >= 15 is 0 Å². The van der Waals surface area contributed by atoms with Gasteiger partial charge in [0.2, 0.25) is 5.95 Å². The standard InChI is InChI=1S/C27H33ClN4O2S/c1-17(2)35(33)25-13-9-8-12-22(25)30-26-21(28)16-29-27(32-26)31-23-14-18(3)20(15-24(23)34-4)19-10-6-5-7-11-19/h8-9,12-17,19H,5-7,10-11H2,1-4H3,(H2,29,30,31,32). The van der Waals surface area contributed by atoms with Crippen molar-refractivity contribution in [2.45, 2.75) is 68.9 Å². The van der Waals surface area contributed by atoms with Crippen LogP contribution in [0.2, 0.25) is 5.02 Å². The van der Waals surface area contributed by atoms with Crippen molar-refractivity contribution in [3.8, 4) is 5.75 Å². The monoisotopic (exact) mass is 512 g/mol. The molecule has 0 radical (unpaired) electrons. The van der Waals surface area contributed by atoms with Crippen LogP contribution in [-0.4, -0.2) is 26.5 Å². The predicted molar refractivity (Wildman–Crippen MR) is 145 cm³/mol. The van der Waals surface area contributed by atoms with E-state index in [0.29, 0.717) is 33.3 Å². The summed E-state index contributed by atoms with van der Waals surface area (Å²) in [5, 5.41) is 6.91. The number of hydrogen-bond donors (Lipinski definition) is 2. The van der Waals surface area contributed by atoms with Gasteiger partial charge in [-0.2, -0.15) is 4.98 Å². The Hall–Kier alpha value is -2.64. The highest BCUT2D eigenvalue weighted by Crippen LogP contribution is 2.39. The van der Waals surface area contributed by atoms with E-state index in [1.165, 1.54) is 43.2 Å². The number of anilines is 4. The molecule has 0 amide bonds. The van der Waals surface area contributed by atoms with Gasteiger partial charge in [-0.3, -0.25) is 4.21 Å². The number of halogens is 1. The number of nitrogens with zero attached hydrogens (tertiary/aromatic N) is 2. The molecule has 1 atom stereocenters. The molecule has 6 nitrogen and oxygen atoms in total. The number of aryl methyl sites for hydroxylation is 1. The third-order valence-corrected chi connectivity index (χ3v) is 8.33. The van der Waals surface area contributed by atoms with E-state index in [1.54, 1.807) is 13.3 Å². The lowest BCUT2D eigenvalue weighted by molar-refractivity contribution is 0.411. The molecule has 2 aromatic carbocycles. The second kappa shape index (κ2) is 11.4. The number of hydrogen-bond acceptors (Lipinski definition) is 6. The van der Waals surface area contributed by atoms with Gasteiger partial charge in [0.25, 0.3) is 0 Å². The van der Waals surface area contributed by atoms with E-state index in [4.69, 9.17) is 16.3 Å². The molecule has 186 valence electrons. The Labute approximate surface area is 215 Å². The van der Waals surface area contributed by atoms with E-state index in [0.717, 1.165) is 11.4 Å². The van der Waals surface area contributed by atoms with Crippen LogP contribution < -0.4 is 15.4 Å². The highest BCUT2D eigenvalue weighted by molar-refractivity contribution is 7.85. The van der Waals surface area contributed by atoms with Gasteiger partial charge >= 0.3 is 0 Å². The minimum absolute atomic E-state index is 0.0108. The summed E-state index contributed by atoms with van der Waals surface area (Å²) in [7, 11) is 0.526. The van der Waals surface area contributed by atoms with Crippen LogP contribution in [0.5, 0.6) is 5.75 Å². The number of aromatic nitrogens is 2. The van der Waals surface area contributed by atoms with Crippen molar-refractivity contribution in [3.63, 3.8) is 0 Å². The molecule has 8 heteroatoms. The number of rotatable bonds is 8. The molecule has 35 heavy (non-hydrogen) atoms. The first-order valence-corrected chi connectivity index (χ1v) is 13.7. The number of methoxy groups -OCH3 is 1. The summed E-state index contributed by atoms with van der Waals surface area (Å²) in [5.74, 6) is 2.18. The Balaban J connectivity index is 1.61. The van der Waals surface area contributed by atoms with Crippen molar-refractivity contribution in [2.75, 3.05) is 17.7 Å². The zero-order valence-electron chi connectivity index (χ0n) is 20.7. The van der Waals surface area contributed by atoms with Gasteiger partial charge in [0, 0.05) is 5.25 Å². The lowest BCUT2D eigenvalue weighted by Gasteiger charge is -2.25. The first kappa shape index (κ1) is 25.5. The van der Waals surface area contributed by atoms with Gasteiger partial charge in [-0.15, -0.1) is 0 Å². The molecule has 0 bridgehead atoms. The van der Waals surface area contributed by atoms with Crippen LogP contribution in [0.25, 0.3) is 0 Å². The smallest absolute Gasteiger partial charge is 0.229 e. The molecule has 1 aliphatic carbocycles. The van der Waals surface area contributed by atoms with Gasteiger partial charge in [0.15, 0.2) is 5.82 Å². The van der Waals surface area contributed by atoms with Gasteiger partial charge < -0.3 is 15.4 Å². The number of ether oxygens (including phenoxy) is 1. The largest absolute Gasteiger partial charge is 0.495 e. The highest BCUT2D eigenvalue weighted by atomic mass is 35.5. The fourth-order valence-electron chi connectivity index (χ4n) is 4.59. The fourth-order valence-corrected chi connectivity index (χ4v) is 5.78. The molecule has 0 spiro atoms. The van der Waals surface area contributed by atoms with Gasteiger partial charge in [0.05, 0.1) is 40.4 Å². The summed E-state index contributed by atoms with van der Waals surface area (Å²) in [4.78, 5) is 9.69. The lowest BCUT2D eigenvalue weighted by atomic mass is 9.82. The molecule has 3 aromatic rings. The van der Waals surface area contributed by atoms with Crippen LogP contribution in [-0.2, 0) is 10.8 Å². The van der Waals surface area contributed by atoms with E-state index in [9.17, 15) is 4.21 Å². The molecule has 2 N–H and O–H groups in total. The van der Waals surface area contributed by atoms with Crippen LogP contribution in [0, 0.1) is 6.92 Å². The van der Waals surface area contributed by atoms with Crippen molar-refractivity contribution >= 4 is 45.5 Å². The zero-order valence-corrected chi connectivity index (χ0v) is 22.3. The summed E-state index contributed by atoms with van der Waals surface area (Å²) in [6.07, 6.45) is 7.92. The minimum Gasteiger partial charge on any atom is -0.495 e. The van der Waals surface area contributed by atoms with Gasteiger partial charge in [-0.05, 0) is 61.1 Å². The average molecular weight is 513 g/mol. The van der Waals surface area contributed by atoms with Crippen molar-refractivity contribution in [1.29, 1.82) is 0 Å². The topological polar surface area (TPSA) is 76.1 Å². The summed E-state index contributed by atoms with van der Waals surface area (Å²) in [6.45, 7) is 6.01. The number of para-hydroxylation sites is 1. The van der Waals surface area contributed by atoms with Crippen molar-refractivity contribution in [2.24, 2.45) is 0 Å². The molecular formula is C27H33ClN4O2S.